The maximum atomic E-state index is 10.5. The highest BCUT2D eigenvalue weighted by Gasteiger charge is 2.27. The number of aliphatic hydroxyl groups is 1. The van der Waals surface area contributed by atoms with E-state index < -0.39 is 0 Å². The second-order valence-corrected chi connectivity index (χ2v) is 5.37. The fraction of sp³-hybridized carbons (Fsp3) is 0.667. The van der Waals surface area contributed by atoms with Gasteiger partial charge in [0.05, 0.1) is 6.10 Å². The second-order valence-electron chi connectivity index (χ2n) is 5.37. The first-order valence-electron chi connectivity index (χ1n) is 6.81. The molecular formula is C15H23NO. The van der Waals surface area contributed by atoms with Gasteiger partial charge in [-0.05, 0) is 48.8 Å². The van der Waals surface area contributed by atoms with Crippen LogP contribution in [0, 0.1) is 18.8 Å². The molecule has 0 spiro atoms. The minimum absolute atomic E-state index is 0.296. The molecular weight excluding hydrogens is 210 g/mol. The first-order valence-corrected chi connectivity index (χ1v) is 6.81. The molecule has 0 radical (unpaired) electrons. The number of nitrogens with zero attached hydrogens (tertiary/aromatic N) is 1. The van der Waals surface area contributed by atoms with Gasteiger partial charge in [0.15, 0.2) is 0 Å². The van der Waals surface area contributed by atoms with Gasteiger partial charge in [-0.3, -0.25) is 4.98 Å². The molecule has 1 aliphatic rings. The van der Waals surface area contributed by atoms with Gasteiger partial charge in [0.1, 0.15) is 0 Å². The summed E-state index contributed by atoms with van der Waals surface area (Å²) in [6, 6.07) is 1.96. The molecule has 2 rings (SSSR count). The summed E-state index contributed by atoms with van der Waals surface area (Å²) < 4.78 is 0. The Labute approximate surface area is 104 Å². The van der Waals surface area contributed by atoms with E-state index in [-0.39, 0.29) is 6.10 Å². The minimum Gasteiger partial charge on any atom is -0.388 e. The van der Waals surface area contributed by atoms with Gasteiger partial charge in [0.25, 0.3) is 0 Å². The van der Waals surface area contributed by atoms with Gasteiger partial charge in [0.2, 0.25) is 0 Å². The summed E-state index contributed by atoms with van der Waals surface area (Å²) in [6.45, 7) is 4.30. The third kappa shape index (κ3) is 2.86. The first kappa shape index (κ1) is 12.6. The van der Waals surface area contributed by atoms with Crippen LogP contribution in [0.4, 0.5) is 0 Å². The molecule has 1 atom stereocenters. The van der Waals surface area contributed by atoms with Gasteiger partial charge in [-0.2, -0.15) is 0 Å². The summed E-state index contributed by atoms with van der Waals surface area (Å²) in [6.07, 6.45) is 9.51. The number of hydrogen-bond donors (Lipinski definition) is 1. The highest BCUT2D eigenvalue weighted by atomic mass is 16.3. The third-order valence-corrected chi connectivity index (χ3v) is 4.30. The number of pyridine rings is 1. The molecule has 1 aromatic heterocycles. The maximum absolute atomic E-state index is 10.5. The van der Waals surface area contributed by atoms with E-state index in [0.29, 0.717) is 5.92 Å². The number of rotatable bonds is 3. The number of aromatic nitrogens is 1. The average Bonchev–Trinajstić information content (AvgIpc) is 2.39. The summed E-state index contributed by atoms with van der Waals surface area (Å²) >= 11 is 0. The van der Waals surface area contributed by atoms with Crippen LogP contribution in [0.5, 0.6) is 0 Å². The molecule has 0 amide bonds. The molecule has 17 heavy (non-hydrogen) atoms. The fourth-order valence-electron chi connectivity index (χ4n) is 2.98. The predicted octanol–water partition coefficient (Wildman–Crippen LogP) is 3.64. The predicted molar refractivity (Wildman–Crippen MR) is 69.7 cm³/mol. The van der Waals surface area contributed by atoms with E-state index in [9.17, 15) is 5.11 Å². The Kier molecular flexibility index (Phi) is 4.16. The molecule has 1 unspecified atom stereocenters. The minimum atomic E-state index is -0.296. The normalized spacial score (nSPS) is 26.8. The highest BCUT2D eigenvalue weighted by Crippen LogP contribution is 2.38. The lowest BCUT2D eigenvalue weighted by Gasteiger charge is -2.31. The Morgan fingerprint density at radius 1 is 1.35 bits per heavy atom. The molecule has 1 aliphatic carbocycles. The summed E-state index contributed by atoms with van der Waals surface area (Å²) in [4.78, 5) is 4.09. The molecule has 94 valence electrons. The SMILES string of the molecule is CCC1CCC(C(O)c2ccncc2C)CC1. The van der Waals surface area contributed by atoms with Gasteiger partial charge in [-0.1, -0.05) is 26.2 Å². The lowest BCUT2D eigenvalue weighted by atomic mass is 9.77. The molecule has 1 N–H and O–H groups in total. The highest BCUT2D eigenvalue weighted by molar-refractivity contribution is 5.24. The molecule has 2 heteroatoms. The van der Waals surface area contributed by atoms with Crippen LogP contribution < -0.4 is 0 Å². The van der Waals surface area contributed by atoms with E-state index in [1.807, 2.05) is 19.2 Å². The van der Waals surface area contributed by atoms with E-state index in [4.69, 9.17) is 0 Å². The van der Waals surface area contributed by atoms with Crippen LogP contribution in [0.1, 0.15) is 56.3 Å². The van der Waals surface area contributed by atoms with E-state index in [1.54, 1.807) is 6.20 Å². The van der Waals surface area contributed by atoms with Gasteiger partial charge in [0, 0.05) is 12.4 Å². The first-order chi connectivity index (χ1) is 8.22. The Morgan fingerprint density at radius 2 is 2.06 bits per heavy atom. The molecule has 0 aliphatic heterocycles. The number of aliphatic hydroxyl groups excluding tert-OH is 1. The Morgan fingerprint density at radius 3 is 2.65 bits per heavy atom. The molecule has 2 nitrogen and oxygen atoms in total. The van der Waals surface area contributed by atoms with E-state index >= 15 is 0 Å². The van der Waals surface area contributed by atoms with Crippen molar-refractivity contribution < 1.29 is 5.11 Å². The molecule has 1 heterocycles. The summed E-state index contributed by atoms with van der Waals surface area (Å²) in [7, 11) is 0. The largest absolute Gasteiger partial charge is 0.388 e. The molecule has 1 fully saturated rings. The van der Waals surface area contributed by atoms with Crippen LogP contribution >= 0.6 is 0 Å². The van der Waals surface area contributed by atoms with Crippen molar-refractivity contribution in [2.45, 2.75) is 52.1 Å². The lowest BCUT2D eigenvalue weighted by molar-refractivity contribution is 0.0724. The zero-order chi connectivity index (χ0) is 12.3. The van der Waals surface area contributed by atoms with Crippen molar-refractivity contribution in [3.8, 4) is 0 Å². The van der Waals surface area contributed by atoms with Crippen molar-refractivity contribution in [2.75, 3.05) is 0 Å². The lowest BCUT2D eigenvalue weighted by Crippen LogP contribution is -2.20. The van der Waals surface area contributed by atoms with Crippen molar-refractivity contribution in [1.82, 2.24) is 4.98 Å². The van der Waals surface area contributed by atoms with Gasteiger partial charge in [-0.25, -0.2) is 0 Å². The van der Waals surface area contributed by atoms with E-state index in [0.717, 1.165) is 17.0 Å². The van der Waals surface area contributed by atoms with Crippen LogP contribution in [0.15, 0.2) is 18.5 Å². The van der Waals surface area contributed by atoms with E-state index in [2.05, 4.69) is 11.9 Å². The summed E-state index contributed by atoms with van der Waals surface area (Å²) in [5, 5.41) is 10.5. The van der Waals surface area contributed by atoms with Crippen molar-refractivity contribution in [1.29, 1.82) is 0 Å². The zero-order valence-electron chi connectivity index (χ0n) is 10.9. The topological polar surface area (TPSA) is 33.1 Å². The van der Waals surface area contributed by atoms with Crippen LogP contribution in [0.3, 0.4) is 0 Å². The van der Waals surface area contributed by atoms with Crippen molar-refractivity contribution >= 4 is 0 Å². The van der Waals surface area contributed by atoms with Gasteiger partial charge in [-0.15, -0.1) is 0 Å². The Balaban J connectivity index is 2.02. The molecule has 0 bridgehead atoms. The third-order valence-electron chi connectivity index (χ3n) is 4.30. The Hall–Kier alpha value is -0.890. The molecule has 1 saturated carbocycles. The molecule has 0 aromatic carbocycles. The monoisotopic (exact) mass is 233 g/mol. The van der Waals surface area contributed by atoms with Crippen LogP contribution in [0.2, 0.25) is 0 Å². The average molecular weight is 233 g/mol. The van der Waals surface area contributed by atoms with Gasteiger partial charge >= 0.3 is 0 Å². The maximum Gasteiger partial charge on any atom is 0.0821 e. The van der Waals surface area contributed by atoms with Crippen molar-refractivity contribution in [3.63, 3.8) is 0 Å². The number of hydrogen-bond acceptors (Lipinski definition) is 2. The van der Waals surface area contributed by atoms with Crippen LogP contribution in [0.25, 0.3) is 0 Å². The van der Waals surface area contributed by atoms with Crippen molar-refractivity contribution in [3.05, 3.63) is 29.6 Å². The summed E-state index contributed by atoms with van der Waals surface area (Å²) in [5.41, 5.74) is 2.18. The quantitative estimate of drug-likeness (QED) is 0.864. The molecule has 1 aromatic rings. The number of aryl methyl sites for hydroxylation is 1. The van der Waals surface area contributed by atoms with Crippen molar-refractivity contribution in [2.24, 2.45) is 11.8 Å². The second kappa shape index (κ2) is 5.63. The standard InChI is InChI=1S/C15H23NO/c1-3-12-4-6-13(7-5-12)15(17)14-8-9-16-10-11(14)2/h8-10,12-13,15,17H,3-7H2,1-2H3. The van der Waals surface area contributed by atoms with Gasteiger partial charge < -0.3 is 5.11 Å². The zero-order valence-corrected chi connectivity index (χ0v) is 10.9. The molecule has 0 saturated heterocycles. The fourth-order valence-corrected chi connectivity index (χ4v) is 2.98. The summed E-state index contributed by atoms with van der Waals surface area (Å²) in [5.74, 6) is 1.33. The van der Waals surface area contributed by atoms with Crippen LogP contribution in [-0.2, 0) is 0 Å². The van der Waals surface area contributed by atoms with Crippen LogP contribution in [-0.4, -0.2) is 10.1 Å². The Bertz CT molecular complexity index is 356. The van der Waals surface area contributed by atoms with E-state index in [1.165, 1.54) is 32.1 Å². The smallest absolute Gasteiger partial charge is 0.0821 e.